The van der Waals surface area contributed by atoms with Crippen molar-refractivity contribution < 1.29 is 13.2 Å². The predicted molar refractivity (Wildman–Crippen MR) is 107 cm³/mol. The molecule has 2 aromatic rings. The molecule has 0 saturated heterocycles. The number of hydrogen-bond acceptors (Lipinski definition) is 3. The van der Waals surface area contributed by atoms with Gasteiger partial charge in [-0.25, -0.2) is 8.42 Å². The zero-order valence-corrected chi connectivity index (χ0v) is 17.3. The Morgan fingerprint density at radius 1 is 1.15 bits per heavy atom. The molecule has 1 aliphatic heterocycles. The molecule has 1 heterocycles. The summed E-state index contributed by atoms with van der Waals surface area (Å²) < 4.78 is 28.5. The van der Waals surface area contributed by atoms with E-state index in [1.807, 2.05) is 26.8 Å². The maximum Gasteiger partial charge on any atom is 0.263 e. The van der Waals surface area contributed by atoms with Crippen LogP contribution in [0.25, 0.3) is 0 Å². The Kier molecular flexibility index (Phi) is 4.88. The third-order valence-corrected chi connectivity index (χ3v) is 6.64. The van der Waals surface area contributed by atoms with Crippen molar-refractivity contribution in [3.05, 3.63) is 52.5 Å². The highest BCUT2D eigenvalue weighted by atomic mass is 79.9. The van der Waals surface area contributed by atoms with Crippen LogP contribution >= 0.6 is 15.9 Å². The maximum absolute atomic E-state index is 12.7. The Balaban J connectivity index is 1.93. The van der Waals surface area contributed by atoms with Crippen molar-refractivity contribution in [1.29, 1.82) is 0 Å². The van der Waals surface area contributed by atoms with Crippen LogP contribution in [0.15, 0.2) is 51.8 Å². The van der Waals surface area contributed by atoms with E-state index in [0.29, 0.717) is 16.7 Å². The second-order valence-electron chi connectivity index (χ2n) is 7.34. The number of anilines is 2. The third kappa shape index (κ3) is 3.64. The first-order valence-electron chi connectivity index (χ1n) is 8.32. The van der Waals surface area contributed by atoms with Crippen LogP contribution in [0.4, 0.5) is 11.4 Å². The number of nitrogens with one attached hydrogen (secondary N) is 1. The number of benzene rings is 2. The number of amides is 1. The van der Waals surface area contributed by atoms with E-state index in [9.17, 15) is 13.2 Å². The molecule has 3 rings (SSSR count). The van der Waals surface area contributed by atoms with Crippen LogP contribution in [0.5, 0.6) is 0 Å². The standard InChI is InChI=1S/C19H21BrN2O3S/c1-19(2,3)18(23)22-11-10-13-8-9-14(12-16(13)22)21-26(24,25)17-7-5-4-6-15(17)20/h4-9,12,21H,10-11H2,1-3H3. The zero-order chi connectivity index (χ0) is 19.1. The van der Waals surface area contributed by atoms with Gasteiger partial charge < -0.3 is 4.90 Å². The highest BCUT2D eigenvalue weighted by Gasteiger charge is 2.32. The SMILES string of the molecule is CC(C)(C)C(=O)N1CCc2ccc(NS(=O)(=O)c3ccccc3Br)cc21. The quantitative estimate of drug-likeness (QED) is 0.784. The predicted octanol–water partition coefficient (Wildman–Crippen LogP) is 4.19. The smallest absolute Gasteiger partial charge is 0.263 e. The third-order valence-electron chi connectivity index (χ3n) is 4.25. The van der Waals surface area contributed by atoms with Crippen molar-refractivity contribution >= 4 is 43.2 Å². The van der Waals surface area contributed by atoms with Crippen LogP contribution in [-0.4, -0.2) is 20.9 Å². The van der Waals surface area contributed by atoms with Crippen molar-refractivity contribution in [3.63, 3.8) is 0 Å². The van der Waals surface area contributed by atoms with Crippen LogP contribution in [-0.2, 0) is 21.2 Å². The molecule has 1 amide bonds. The molecular weight excluding hydrogens is 416 g/mol. The minimum atomic E-state index is -3.73. The van der Waals surface area contributed by atoms with Gasteiger partial charge in [0.25, 0.3) is 10.0 Å². The van der Waals surface area contributed by atoms with Gasteiger partial charge in [-0.05, 0) is 52.2 Å². The van der Waals surface area contributed by atoms with E-state index in [1.165, 1.54) is 6.07 Å². The van der Waals surface area contributed by atoms with Gasteiger partial charge in [-0.15, -0.1) is 0 Å². The summed E-state index contributed by atoms with van der Waals surface area (Å²) in [6.45, 7) is 6.26. The molecule has 26 heavy (non-hydrogen) atoms. The molecule has 7 heteroatoms. The minimum absolute atomic E-state index is 0.0297. The van der Waals surface area contributed by atoms with Gasteiger partial charge in [0, 0.05) is 22.1 Å². The van der Waals surface area contributed by atoms with E-state index < -0.39 is 15.4 Å². The van der Waals surface area contributed by atoms with Gasteiger partial charge in [-0.1, -0.05) is 39.0 Å². The molecule has 0 atom stereocenters. The maximum atomic E-state index is 12.7. The lowest BCUT2D eigenvalue weighted by Gasteiger charge is -2.26. The highest BCUT2D eigenvalue weighted by molar-refractivity contribution is 9.10. The molecule has 0 radical (unpaired) electrons. The van der Waals surface area contributed by atoms with E-state index in [4.69, 9.17) is 0 Å². The molecule has 1 aliphatic rings. The summed E-state index contributed by atoms with van der Waals surface area (Å²) in [4.78, 5) is 14.6. The first kappa shape index (κ1) is 18.9. The molecule has 0 spiro atoms. The summed E-state index contributed by atoms with van der Waals surface area (Å²) in [6, 6.07) is 12.0. The molecular formula is C19H21BrN2O3S. The number of carbonyl (C=O) groups excluding carboxylic acids is 1. The second-order valence-corrected chi connectivity index (χ2v) is 9.84. The molecule has 0 aliphatic carbocycles. The second kappa shape index (κ2) is 6.70. The molecule has 0 bridgehead atoms. The molecule has 2 aromatic carbocycles. The van der Waals surface area contributed by atoms with Crippen molar-refractivity contribution in [3.8, 4) is 0 Å². The van der Waals surface area contributed by atoms with Gasteiger partial charge in [-0.3, -0.25) is 9.52 Å². The van der Waals surface area contributed by atoms with Crippen LogP contribution in [0, 0.1) is 5.41 Å². The normalized spacial score (nSPS) is 14.2. The fourth-order valence-corrected chi connectivity index (χ4v) is 4.99. The largest absolute Gasteiger partial charge is 0.311 e. The molecule has 138 valence electrons. The monoisotopic (exact) mass is 436 g/mol. The topological polar surface area (TPSA) is 66.5 Å². The van der Waals surface area contributed by atoms with E-state index in [2.05, 4.69) is 20.7 Å². The van der Waals surface area contributed by atoms with Crippen molar-refractivity contribution in [2.75, 3.05) is 16.2 Å². The minimum Gasteiger partial charge on any atom is -0.311 e. The number of nitrogens with zero attached hydrogens (tertiary/aromatic N) is 1. The molecule has 0 aromatic heterocycles. The average Bonchev–Trinajstić information content (AvgIpc) is 2.96. The zero-order valence-electron chi connectivity index (χ0n) is 14.9. The first-order valence-corrected chi connectivity index (χ1v) is 10.6. The number of sulfonamides is 1. The van der Waals surface area contributed by atoms with Crippen molar-refractivity contribution in [1.82, 2.24) is 0 Å². The van der Waals surface area contributed by atoms with Gasteiger partial charge in [0.1, 0.15) is 4.90 Å². The van der Waals surface area contributed by atoms with Gasteiger partial charge in [-0.2, -0.15) is 0 Å². The van der Waals surface area contributed by atoms with E-state index in [1.54, 1.807) is 35.2 Å². The fourth-order valence-electron chi connectivity index (χ4n) is 2.93. The molecule has 0 unspecified atom stereocenters. The lowest BCUT2D eigenvalue weighted by atomic mass is 9.94. The lowest BCUT2D eigenvalue weighted by Crippen LogP contribution is -2.38. The number of fused-ring (bicyclic) bond motifs is 1. The summed E-state index contributed by atoms with van der Waals surface area (Å²) in [5.41, 5.74) is 1.77. The van der Waals surface area contributed by atoms with Crippen LogP contribution < -0.4 is 9.62 Å². The Labute approximate surface area is 162 Å². The summed E-state index contributed by atoms with van der Waals surface area (Å²) in [5, 5.41) is 0. The van der Waals surface area contributed by atoms with Gasteiger partial charge >= 0.3 is 0 Å². The number of halogens is 1. The van der Waals surface area contributed by atoms with Crippen molar-refractivity contribution in [2.45, 2.75) is 32.1 Å². The van der Waals surface area contributed by atoms with E-state index in [-0.39, 0.29) is 10.8 Å². The Bertz CT molecular complexity index is 965. The van der Waals surface area contributed by atoms with Crippen LogP contribution in [0.1, 0.15) is 26.3 Å². The summed E-state index contributed by atoms with van der Waals surface area (Å²) in [5.74, 6) is 0.0297. The Hall–Kier alpha value is -1.86. The fraction of sp³-hybridized carbons (Fsp3) is 0.316. The van der Waals surface area contributed by atoms with Gasteiger partial charge in [0.2, 0.25) is 5.91 Å². The van der Waals surface area contributed by atoms with E-state index in [0.717, 1.165) is 17.7 Å². The summed E-state index contributed by atoms with van der Waals surface area (Å²) in [7, 11) is -3.73. The van der Waals surface area contributed by atoms with Gasteiger partial charge in [0.15, 0.2) is 0 Å². The average molecular weight is 437 g/mol. The van der Waals surface area contributed by atoms with Crippen LogP contribution in [0.3, 0.4) is 0 Å². The molecule has 1 N–H and O–H groups in total. The number of hydrogen-bond donors (Lipinski definition) is 1. The lowest BCUT2D eigenvalue weighted by molar-refractivity contribution is -0.125. The summed E-state index contributed by atoms with van der Waals surface area (Å²) in [6.07, 6.45) is 0.772. The molecule has 5 nitrogen and oxygen atoms in total. The molecule has 0 saturated carbocycles. The molecule has 0 fully saturated rings. The van der Waals surface area contributed by atoms with Crippen molar-refractivity contribution in [2.24, 2.45) is 5.41 Å². The Morgan fingerprint density at radius 2 is 1.85 bits per heavy atom. The first-order chi connectivity index (χ1) is 12.1. The van der Waals surface area contributed by atoms with Gasteiger partial charge in [0.05, 0.1) is 5.69 Å². The van der Waals surface area contributed by atoms with Crippen LogP contribution in [0.2, 0.25) is 0 Å². The summed E-state index contributed by atoms with van der Waals surface area (Å²) >= 11 is 3.27. The Morgan fingerprint density at radius 3 is 2.50 bits per heavy atom. The number of rotatable bonds is 3. The number of carbonyl (C=O) groups is 1. The highest BCUT2D eigenvalue weighted by Crippen LogP contribution is 2.35. The van der Waals surface area contributed by atoms with E-state index >= 15 is 0 Å².